The summed E-state index contributed by atoms with van der Waals surface area (Å²) in [4.78, 5) is 20.2. The van der Waals surface area contributed by atoms with Crippen LogP contribution in [0.2, 0.25) is 20.1 Å². The number of aliphatic imine (C=N–C) groups is 1. The van der Waals surface area contributed by atoms with Crippen LogP contribution in [0, 0.1) is 13.8 Å². The number of carbonyl (C=O) groups excluding carboxylic acids is 1. The van der Waals surface area contributed by atoms with Crippen molar-refractivity contribution in [1.29, 1.82) is 0 Å². The van der Waals surface area contributed by atoms with Gasteiger partial charge in [-0.3, -0.25) is 9.69 Å². The molecule has 1 aliphatic rings. The second-order valence-corrected chi connectivity index (χ2v) is 10.2. The quantitative estimate of drug-likeness (QED) is 0.304. The van der Waals surface area contributed by atoms with Crippen LogP contribution in [0.25, 0.3) is 6.08 Å². The summed E-state index contributed by atoms with van der Waals surface area (Å²) in [5.74, 6) is 0.160. The summed E-state index contributed by atoms with van der Waals surface area (Å²) in [6.45, 7) is 3.81. The Morgan fingerprint density at radius 3 is 2.24 bits per heavy atom. The predicted octanol–water partition coefficient (Wildman–Crippen LogP) is 8.73. The van der Waals surface area contributed by atoms with Crippen LogP contribution in [0.4, 0.5) is 11.4 Å². The number of amides is 1. The van der Waals surface area contributed by atoms with Crippen molar-refractivity contribution < 1.29 is 9.53 Å². The van der Waals surface area contributed by atoms with Crippen LogP contribution in [-0.2, 0) is 4.79 Å². The molecule has 1 saturated heterocycles. The smallest absolute Gasteiger partial charge is 0.271 e. The first-order valence-electron chi connectivity index (χ1n) is 10.1. The molecule has 9 heteroatoms. The van der Waals surface area contributed by atoms with Crippen molar-refractivity contribution in [3.8, 4) is 5.75 Å². The summed E-state index contributed by atoms with van der Waals surface area (Å²) in [7, 11) is 1.51. The predicted molar refractivity (Wildman–Crippen MR) is 146 cm³/mol. The molecule has 0 radical (unpaired) electrons. The molecule has 3 aromatic carbocycles. The summed E-state index contributed by atoms with van der Waals surface area (Å²) in [6.07, 6.45) is 1.69. The Balaban J connectivity index is 1.85. The van der Waals surface area contributed by atoms with E-state index in [-0.39, 0.29) is 5.91 Å². The molecule has 1 aliphatic heterocycles. The summed E-state index contributed by atoms with van der Waals surface area (Å²) in [6, 6.07) is 14.2. The Hall–Kier alpha value is -2.15. The number of rotatable bonds is 4. The number of hydrogen-bond acceptors (Lipinski definition) is 4. The number of anilines is 1. The van der Waals surface area contributed by atoms with Gasteiger partial charge in [-0.2, -0.15) is 0 Å². The van der Waals surface area contributed by atoms with E-state index in [2.05, 4.69) is 0 Å². The molecule has 0 spiro atoms. The number of ether oxygens (including phenoxy) is 1. The van der Waals surface area contributed by atoms with E-state index >= 15 is 0 Å². The lowest BCUT2D eigenvalue weighted by Crippen LogP contribution is -2.28. The van der Waals surface area contributed by atoms with Crippen LogP contribution in [0.15, 0.2) is 58.4 Å². The molecule has 0 saturated carbocycles. The standard InChI is InChI=1S/C25H18Cl4N2O2S/c1-13-4-6-17(11-19(13)27)30-25-31(18-7-5-14(2)20(28)12-18)24(32)22(34-25)9-15-8-16(26)10-21(29)23(15)33-3/h4-12H,1-3H3/b22-9+,30-25?. The molecule has 0 N–H and O–H groups in total. The van der Waals surface area contributed by atoms with E-state index in [0.717, 1.165) is 11.1 Å². The van der Waals surface area contributed by atoms with E-state index < -0.39 is 0 Å². The minimum atomic E-state index is -0.264. The van der Waals surface area contributed by atoms with E-state index in [4.69, 9.17) is 56.1 Å². The lowest BCUT2D eigenvalue weighted by atomic mass is 10.1. The number of hydrogen-bond donors (Lipinski definition) is 0. The Labute approximate surface area is 222 Å². The number of benzene rings is 3. The molecule has 174 valence electrons. The number of thioether (sulfide) groups is 1. The molecule has 1 heterocycles. The Morgan fingerprint density at radius 2 is 1.59 bits per heavy atom. The van der Waals surface area contributed by atoms with Gasteiger partial charge in [0, 0.05) is 20.6 Å². The van der Waals surface area contributed by atoms with Gasteiger partial charge in [0.2, 0.25) is 0 Å². The molecule has 4 nitrogen and oxygen atoms in total. The molecule has 1 fully saturated rings. The van der Waals surface area contributed by atoms with Crippen LogP contribution in [0.5, 0.6) is 5.75 Å². The second kappa shape index (κ2) is 10.2. The summed E-state index contributed by atoms with van der Waals surface area (Å²) in [5.41, 5.74) is 3.65. The minimum Gasteiger partial charge on any atom is -0.495 e. The molecule has 0 aliphatic carbocycles. The Morgan fingerprint density at radius 1 is 0.912 bits per heavy atom. The normalized spacial score (nSPS) is 16.1. The van der Waals surface area contributed by atoms with E-state index in [0.29, 0.717) is 52.9 Å². The van der Waals surface area contributed by atoms with Crippen molar-refractivity contribution in [1.82, 2.24) is 0 Å². The largest absolute Gasteiger partial charge is 0.495 e. The third kappa shape index (κ3) is 5.09. The zero-order valence-electron chi connectivity index (χ0n) is 18.3. The molecule has 0 unspecified atom stereocenters. The van der Waals surface area contributed by atoms with Gasteiger partial charge in [0.05, 0.1) is 28.4 Å². The number of amidine groups is 1. The molecule has 1 amide bonds. The fourth-order valence-corrected chi connectivity index (χ4v) is 5.23. The van der Waals surface area contributed by atoms with Crippen molar-refractivity contribution >= 4 is 86.7 Å². The second-order valence-electron chi connectivity index (χ2n) is 7.52. The summed E-state index contributed by atoms with van der Waals surface area (Å²) in [5, 5.41) is 2.38. The lowest BCUT2D eigenvalue weighted by Gasteiger charge is -2.16. The molecular formula is C25H18Cl4N2O2S. The number of aryl methyl sites for hydroxylation is 2. The number of nitrogens with zero attached hydrogens (tertiary/aromatic N) is 2. The van der Waals surface area contributed by atoms with Crippen LogP contribution < -0.4 is 9.64 Å². The lowest BCUT2D eigenvalue weighted by molar-refractivity contribution is -0.113. The number of carbonyl (C=O) groups is 1. The fraction of sp³-hybridized carbons (Fsp3) is 0.120. The number of halogens is 4. The average Bonchev–Trinajstić information content (AvgIpc) is 3.07. The van der Waals surface area contributed by atoms with Gasteiger partial charge in [0.15, 0.2) is 5.17 Å². The Bertz CT molecular complexity index is 1370. The molecule has 4 rings (SSSR count). The topological polar surface area (TPSA) is 41.9 Å². The SMILES string of the molecule is COc1c(Cl)cc(Cl)cc1/C=C1/SC(=Nc2ccc(C)c(Cl)c2)N(c2ccc(C)c(Cl)c2)C1=O. The van der Waals surface area contributed by atoms with Crippen molar-refractivity contribution in [2.45, 2.75) is 13.8 Å². The van der Waals surface area contributed by atoms with Crippen LogP contribution in [0.3, 0.4) is 0 Å². The van der Waals surface area contributed by atoms with Gasteiger partial charge in [-0.05, 0) is 79.2 Å². The van der Waals surface area contributed by atoms with E-state index in [1.807, 2.05) is 38.1 Å². The summed E-state index contributed by atoms with van der Waals surface area (Å²) >= 11 is 26.4. The maximum Gasteiger partial charge on any atom is 0.271 e. The van der Waals surface area contributed by atoms with Gasteiger partial charge in [0.25, 0.3) is 5.91 Å². The van der Waals surface area contributed by atoms with Crippen LogP contribution in [0.1, 0.15) is 16.7 Å². The number of methoxy groups -OCH3 is 1. The van der Waals surface area contributed by atoms with Gasteiger partial charge in [-0.1, -0.05) is 58.5 Å². The molecule has 34 heavy (non-hydrogen) atoms. The van der Waals surface area contributed by atoms with E-state index in [1.54, 1.807) is 30.3 Å². The molecular weight excluding hydrogens is 534 g/mol. The highest BCUT2D eigenvalue weighted by molar-refractivity contribution is 8.19. The first-order valence-corrected chi connectivity index (χ1v) is 12.4. The van der Waals surface area contributed by atoms with Crippen LogP contribution in [-0.4, -0.2) is 18.2 Å². The van der Waals surface area contributed by atoms with E-state index in [9.17, 15) is 4.79 Å². The zero-order valence-corrected chi connectivity index (χ0v) is 22.2. The third-order valence-corrected chi connectivity index (χ3v) is 7.41. The molecule has 0 bridgehead atoms. The first-order chi connectivity index (χ1) is 16.2. The highest BCUT2D eigenvalue weighted by atomic mass is 35.5. The van der Waals surface area contributed by atoms with Gasteiger partial charge < -0.3 is 4.74 Å². The van der Waals surface area contributed by atoms with Gasteiger partial charge in [-0.15, -0.1) is 0 Å². The van der Waals surface area contributed by atoms with Crippen molar-refractivity contribution in [3.05, 3.63) is 90.2 Å². The highest BCUT2D eigenvalue weighted by Crippen LogP contribution is 2.41. The maximum atomic E-state index is 13.6. The zero-order chi connectivity index (χ0) is 24.6. The Kier molecular flexibility index (Phi) is 7.51. The highest BCUT2D eigenvalue weighted by Gasteiger charge is 2.35. The molecule has 0 atom stereocenters. The average molecular weight is 552 g/mol. The van der Waals surface area contributed by atoms with Gasteiger partial charge in [0.1, 0.15) is 5.75 Å². The van der Waals surface area contributed by atoms with Crippen molar-refractivity contribution in [3.63, 3.8) is 0 Å². The molecule has 3 aromatic rings. The van der Waals surface area contributed by atoms with Crippen LogP contribution >= 0.6 is 58.2 Å². The first kappa shape index (κ1) is 25.0. The van der Waals surface area contributed by atoms with Gasteiger partial charge in [-0.25, -0.2) is 4.99 Å². The minimum absolute atomic E-state index is 0.264. The third-order valence-electron chi connectivity index (χ3n) is 5.13. The fourth-order valence-electron chi connectivity index (χ4n) is 3.30. The monoisotopic (exact) mass is 550 g/mol. The summed E-state index contributed by atoms with van der Waals surface area (Å²) < 4.78 is 5.43. The maximum absolute atomic E-state index is 13.6. The van der Waals surface area contributed by atoms with Crippen molar-refractivity contribution in [2.24, 2.45) is 4.99 Å². The van der Waals surface area contributed by atoms with E-state index in [1.165, 1.54) is 23.8 Å². The molecule has 0 aromatic heterocycles. The van der Waals surface area contributed by atoms with Gasteiger partial charge >= 0.3 is 0 Å². The van der Waals surface area contributed by atoms with Crippen molar-refractivity contribution in [2.75, 3.05) is 12.0 Å².